The SMILES string of the molecule is COc1cc(N2CCCC(CNC(=O)OC(C)(C)C)C2)ncn1. The molecule has 23 heavy (non-hydrogen) atoms. The monoisotopic (exact) mass is 322 g/mol. The van der Waals surface area contributed by atoms with E-state index in [4.69, 9.17) is 9.47 Å². The summed E-state index contributed by atoms with van der Waals surface area (Å²) in [5.41, 5.74) is -0.472. The van der Waals surface area contributed by atoms with E-state index in [0.717, 1.165) is 31.7 Å². The van der Waals surface area contributed by atoms with Crippen molar-refractivity contribution in [2.45, 2.75) is 39.2 Å². The molecular formula is C16H26N4O3. The van der Waals surface area contributed by atoms with E-state index in [9.17, 15) is 4.79 Å². The molecule has 1 saturated heterocycles. The minimum Gasteiger partial charge on any atom is -0.481 e. The van der Waals surface area contributed by atoms with Crippen molar-refractivity contribution in [2.75, 3.05) is 31.6 Å². The zero-order valence-corrected chi connectivity index (χ0v) is 14.3. The van der Waals surface area contributed by atoms with Gasteiger partial charge in [0.15, 0.2) is 0 Å². The number of carbonyl (C=O) groups is 1. The van der Waals surface area contributed by atoms with Crippen LogP contribution in [0.2, 0.25) is 0 Å². The number of amides is 1. The summed E-state index contributed by atoms with van der Waals surface area (Å²) in [6.45, 7) is 7.97. The van der Waals surface area contributed by atoms with Gasteiger partial charge in [-0.15, -0.1) is 0 Å². The zero-order chi connectivity index (χ0) is 16.9. The van der Waals surface area contributed by atoms with Gasteiger partial charge in [0, 0.05) is 25.7 Å². The normalized spacial score (nSPS) is 18.4. The van der Waals surface area contributed by atoms with Gasteiger partial charge >= 0.3 is 6.09 Å². The van der Waals surface area contributed by atoms with Gasteiger partial charge in [0.2, 0.25) is 5.88 Å². The number of carbonyl (C=O) groups excluding carboxylic acids is 1. The Balaban J connectivity index is 1.87. The first-order valence-electron chi connectivity index (χ1n) is 7.95. The van der Waals surface area contributed by atoms with Crippen molar-refractivity contribution < 1.29 is 14.3 Å². The number of hydrogen-bond acceptors (Lipinski definition) is 6. The first-order valence-corrected chi connectivity index (χ1v) is 7.95. The Hall–Kier alpha value is -2.05. The fraction of sp³-hybridized carbons (Fsp3) is 0.688. The van der Waals surface area contributed by atoms with E-state index in [1.807, 2.05) is 26.8 Å². The molecule has 2 rings (SSSR count). The smallest absolute Gasteiger partial charge is 0.407 e. The highest BCUT2D eigenvalue weighted by Gasteiger charge is 2.23. The summed E-state index contributed by atoms with van der Waals surface area (Å²) in [6.07, 6.45) is 3.29. The highest BCUT2D eigenvalue weighted by molar-refractivity contribution is 5.67. The van der Waals surface area contributed by atoms with Crippen LogP contribution >= 0.6 is 0 Å². The lowest BCUT2D eigenvalue weighted by atomic mass is 9.98. The molecule has 0 aromatic carbocycles. The van der Waals surface area contributed by atoms with E-state index in [1.165, 1.54) is 6.33 Å². The first-order chi connectivity index (χ1) is 10.9. The van der Waals surface area contributed by atoms with E-state index in [2.05, 4.69) is 20.2 Å². The first kappa shape index (κ1) is 17.3. The van der Waals surface area contributed by atoms with Crippen molar-refractivity contribution in [3.8, 4) is 5.88 Å². The lowest BCUT2D eigenvalue weighted by Crippen LogP contribution is -2.42. The minimum atomic E-state index is -0.472. The van der Waals surface area contributed by atoms with Crippen molar-refractivity contribution in [1.29, 1.82) is 0 Å². The Labute approximate surface area is 137 Å². The summed E-state index contributed by atoms with van der Waals surface area (Å²) >= 11 is 0. The number of ether oxygens (including phenoxy) is 2. The van der Waals surface area contributed by atoms with Crippen molar-refractivity contribution in [1.82, 2.24) is 15.3 Å². The molecule has 1 aliphatic rings. The quantitative estimate of drug-likeness (QED) is 0.916. The summed E-state index contributed by atoms with van der Waals surface area (Å²) in [5, 5.41) is 2.86. The predicted molar refractivity (Wildman–Crippen MR) is 87.8 cm³/mol. The average molecular weight is 322 g/mol. The number of methoxy groups -OCH3 is 1. The third-order valence-electron chi connectivity index (χ3n) is 3.61. The lowest BCUT2D eigenvalue weighted by Gasteiger charge is -2.33. The van der Waals surface area contributed by atoms with Gasteiger partial charge in [0.25, 0.3) is 0 Å². The highest BCUT2D eigenvalue weighted by atomic mass is 16.6. The second kappa shape index (κ2) is 7.48. The molecule has 0 bridgehead atoms. The van der Waals surface area contributed by atoms with Crippen LogP contribution in [0.4, 0.5) is 10.6 Å². The maximum atomic E-state index is 11.8. The summed E-state index contributed by atoms with van der Waals surface area (Å²) in [6, 6.07) is 1.84. The fourth-order valence-electron chi connectivity index (χ4n) is 2.60. The van der Waals surface area contributed by atoms with Gasteiger partial charge in [-0.3, -0.25) is 0 Å². The molecular weight excluding hydrogens is 296 g/mol. The number of nitrogens with one attached hydrogen (secondary N) is 1. The molecule has 0 radical (unpaired) electrons. The third-order valence-corrected chi connectivity index (χ3v) is 3.61. The molecule has 1 N–H and O–H groups in total. The Bertz CT molecular complexity index is 530. The van der Waals surface area contributed by atoms with Gasteiger partial charge in [0.05, 0.1) is 7.11 Å². The van der Waals surface area contributed by atoms with Gasteiger partial charge in [0.1, 0.15) is 17.7 Å². The molecule has 1 fully saturated rings. The van der Waals surface area contributed by atoms with Crippen molar-refractivity contribution in [2.24, 2.45) is 5.92 Å². The van der Waals surface area contributed by atoms with Gasteiger partial charge in [-0.05, 0) is 39.5 Å². The second-order valence-electron chi connectivity index (χ2n) is 6.76. The number of piperidine rings is 1. The molecule has 0 saturated carbocycles. The maximum absolute atomic E-state index is 11.8. The summed E-state index contributed by atoms with van der Waals surface area (Å²) in [4.78, 5) is 22.3. The van der Waals surface area contributed by atoms with Crippen LogP contribution in [-0.4, -0.2) is 48.4 Å². The Morgan fingerprint density at radius 2 is 2.22 bits per heavy atom. The molecule has 1 atom stereocenters. The van der Waals surface area contributed by atoms with Crippen LogP contribution in [0.5, 0.6) is 5.88 Å². The second-order valence-corrected chi connectivity index (χ2v) is 6.76. The molecule has 1 amide bonds. The van der Waals surface area contributed by atoms with Crippen molar-refractivity contribution in [3.63, 3.8) is 0 Å². The number of anilines is 1. The summed E-state index contributed by atoms with van der Waals surface area (Å²) in [7, 11) is 1.59. The molecule has 1 aliphatic heterocycles. The third kappa shape index (κ3) is 5.58. The predicted octanol–water partition coefficient (Wildman–Crippen LogP) is 2.23. The highest BCUT2D eigenvalue weighted by Crippen LogP contribution is 2.23. The van der Waals surface area contributed by atoms with Crippen LogP contribution in [0.3, 0.4) is 0 Å². The van der Waals surface area contributed by atoms with E-state index in [0.29, 0.717) is 18.3 Å². The number of hydrogen-bond donors (Lipinski definition) is 1. The van der Waals surface area contributed by atoms with E-state index < -0.39 is 5.60 Å². The van der Waals surface area contributed by atoms with Gasteiger partial charge in [-0.1, -0.05) is 0 Å². The zero-order valence-electron chi connectivity index (χ0n) is 14.3. The summed E-state index contributed by atoms with van der Waals surface area (Å²) in [5.74, 6) is 1.79. The van der Waals surface area contributed by atoms with Gasteiger partial charge in [-0.2, -0.15) is 0 Å². The van der Waals surface area contributed by atoms with Crippen LogP contribution in [-0.2, 0) is 4.74 Å². The molecule has 0 spiro atoms. The topological polar surface area (TPSA) is 76.6 Å². The molecule has 1 aromatic heterocycles. The van der Waals surface area contributed by atoms with Crippen LogP contribution in [0.25, 0.3) is 0 Å². The molecule has 128 valence electrons. The van der Waals surface area contributed by atoms with Crippen LogP contribution in [0, 0.1) is 5.92 Å². The van der Waals surface area contributed by atoms with Crippen molar-refractivity contribution >= 4 is 11.9 Å². The van der Waals surface area contributed by atoms with Gasteiger partial charge in [-0.25, -0.2) is 14.8 Å². The standard InChI is InChI=1S/C16H26N4O3/c1-16(2,3)23-15(21)17-9-12-6-5-7-20(10-12)13-8-14(22-4)19-11-18-13/h8,11-12H,5-7,9-10H2,1-4H3,(H,17,21). The van der Waals surface area contributed by atoms with E-state index in [1.54, 1.807) is 7.11 Å². The lowest BCUT2D eigenvalue weighted by molar-refractivity contribution is 0.0517. The minimum absolute atomic E-state index is 0.363. The maximum Gasteiger partial charge on any atom is 0.407 e. The van der Waals surface area contributed by atoms with Gasteiger partial charge < -0.3 is 19.7 Å². The Morgan fingerprint density at radius 1 is 1.43 bits per heavy atom. The van der Waals surface area contributed by atoms with E-state index in [-0.39, 0.29) is 6.09 Å². The number of alkyl carbamates (subject to hydrolysis) is 1. The van der Waals surface area contributed by atoms with Crippen LogP contribution in [0.1, 0.15) is 33.6 Å². The molecule has 0 aliphatic carbocycles. The summed E-state index contributed by atoms with van der Waals surface area (Å²) < 4.78 is 10.4. The average Bonchev–Trinajstić information content (AvgIpc) is 2.52. The number of aromatic nitrogens is 2. The molecule has 1 aromatic rings. The fourth-order valence-corrected chi connectivity index (χ4v) is 2.60. The molecule has 2 heterocycles. The number of nitrogens with zero attached hydrogens (tertiary/aromatic N) is 3. The van der Waals surface area contributed by atoms with Crippen molar-refractivity contribution in [3.05, 3.63) is 12.4 Å². The molecule has 7 heteroatoms. The Morgan fingerprint density at radius 3 is 2.91 bits per heavy atom. The largest absolute Gasteiger partial charge is 0.481 e. The van der Waals surface area contributed by atoms with E-state index >= 15 is 0 Å². The molecule has 1 unspecified atom stereocenters. The Kier molecular flexibility index (Phi) is 5.63. The number of rotatable bonds is 4. The van der Waals surface area contributed by atoms with Crippen LogP contribution < -0.4 is 15.0 Å². The molecule has 7 nitrogen and oxygen atoms in total. The van der Waals surface area contributed by atoms with Crippen LogP contribution in [0.15, 0.2) is 12.4 Å².